The molecule has 6 heteroatoms. The van der Waals surface area contributed by atoms with Gasteiger partial charge in [-0.25, -0.2) is 9.37 Å². The third-order valence-electron chi connectivity index (χ3n) is 2.87. The number of nitrogens with one attached hydrogen (secondary N) is 1. The number of hydrogen-bond donors (Lipinski definition) is 2. The lowest BCUT2D eigenvalue weighted by Gasteiger charge is -2.10. The van der Waals surface area contributed by atoms with Crippen molar-refractivity contribution in [2.24, 2.45) is 0 Å². The average Bonchev–Trinajstić information content (AvgIpc) is 2.72. The fourth-order valence-electron chi connectivity index (χ4n) is 1.95. The zero-order valence-corrected chi connectivity index (χ0v) is 13.0. The molecule has 3 nitrogen and oxygen atoms in total. The summed E-state index contributed by atoms with van der Waals surface area (Å²) in [6, 6.07) is 8.54. The first-order valence-electron chi connectivity index (χ1n) is 5.91. The molecule has 0 amide bonds. The number of benzene rings is 2. The summed E-state index contributed by atoms with van der Waals surface area (Å²) in [5, 5.41) is 3.99. The Kier molecular flexibility index (Phi) is 3.35. The van der Waals surface area contributed by atoms with Crippen LogP contribution in [-0.2, 0) is 0 Å². The number of rotatable bonds is 2. The molecule has 0 spiro atoms. The van der Waals surface area contributed by atoms with Crippen molar-refractivity contribution in [3.63, 3.8) is 0 Å². The summed E-state index contributed by atoms with van der Waals surface area (Å²) >= 11 is 4.82. The smallest absolute Gasteiger partial charge is 0.147 e. The molecule has 0 saturated heterocycles. The molecule has 0 bridgehead atoms. The Bertz CT molecular complexity index is 800. The highest BCUT2D eigenvalue weighted by atomic mass is 79.9. The molecule has 0 aliphatic heterocycles. The molecule has 3 N–H and O–H groups in total. The maximum absolute atomic E-state index is 13.8. The molecule has 3 rings (SSSR count). The Morgan fingerprint density at radius 1 is 1.25 bits per heavy atom. The first-order valence-corrected chi connectivity index (χ1v) is 7.52. The molecule has 0 fully saturated rings. The highest BCUT2D eigenvalue weighted by Gasteiger charge is 2.09. The van der Waals surface area contributed by atoms with E-state index in [0.29, 0.717) is 21.5 Å². The van der Waals surface area contributed by atoms with Crippen LogP contribution in [0.25, 0.3) is 10.2 Å². The molecule has 2 aromatic carbocycles. The zero-order chi connectivity index (χ0) is 14.3. The fraction of sp³-hybridized carbons (Fsp3) is 0.0714. The quantitative estimate of drug-likeness (QED) is 0.650. The summed E-state index contributed by atoms with van der Waals surface area (Å²) in [7, 11) is 0. The molecule has 20 heavy (non-hydrogen) atoms. The Labute approximate surface area is 127 Å². The molecule has 1 heterocycles. The molecule has 0 atom stereocenters. The van der Waals surface area contributed by atoms with Crippen molar-refractivity contribution in [2.45, 2.75) is 6.92 Å². The van der Waals surface area contributed by atoms with Crippen LogP contribution >= 0.6 is 27.3 Å². The third kappa shape index (κ3) is 2.48. The number of aryl methyl sites for hydroxylation is 1. The lowest BCUT2D eigenvalue weighted by atomic mass is 10.2. The second-order valence-corrected chi connectivity index (χ2v) is 6.54. The lowest BCUT2D eigenvalue weighted by molar-refractivity contribution is 0.631. The normalized spacial score (nSPS) is 10.9. The van der Waals surface area contributed by atoms with Gasteiger partial charge in [-0.15, -0.1) is 11.3 Å². The number of thiazole rings is 1. The van der Waals surface area contributed by atoms with E-state index in [-0.39, 0.29) is 5.82 Å². The number of anilines is 3. The predicted molar refractivity (Wildman–Crippen MR) is 86.2 cm³/mol. The van der Waals surface area contributed by atoms with E-state index >= 15 is 0 Å². The number of nitrogens with two attached hydrogens (primary N) is 1. The van der Waals surface area contributed by atoms with E-state index in [4.69, 9.17) is 5.73 Å². The highest BCUT2D eigenvalue weighted by molar-refractivity contribution is 9.10. The number of aromatic nitrogens is 1. The lowest BCUT2D eigenvalue weighted by Crippen LogP contribution is -1.98. The van der Waals surface area contributed by atoms with E-state index in [9.17, 15) is 4.39 Å². The number of nitrogen functional groups attached to an aromatic ring is 1. The highest BCUT2D eigenvalue weighted by Crippen LogP contribution is 2.32. The minimum Gasteiger partial charge on any atom is -0.397 e. The van der Waals surface area contributed by atoms with Crippen molar-refractivity contribution in [3.05, 3.63) is 45.6 Å². The molecule has 1 aromatic heterocycles. The van der Waals surface area contributed by atoms with E-state index in [1.165, 1.54) is 6.07 Å². The maximum Gasteiger partial charge on any atom is 0.147 e. The Morgan fingerprint density at radius 2 is 2.05 bits per heavy atom. The first kappa shape index (κ1) is 13.3. The van der Waals surface area contributed by atoms with Gasteiger partial charge in [0.05, 0.1) is 32.3 Å². The van der Waals surface area contributed by atoms with Crippen LogP contribution in [0.2, 0.25) is 0 Å². The summed E-state index contributed by atoms with van der Waals surface area (Å²) in [4.78, 5) is 4.41. The number of nitrogens with zero attached hydrogens (tertiary/aromatic N) is 1. The zero-order valence-electron chi connectivity index (χ0n) is 10.6. The monoisotopic (exact) mass is 351 g/mol. The summed E-state index contributed by atoms with van der Waals surface area (Å²) in [5.41, 5.74) is 8.48. The van der Waals surface area contributed by atoms with Gasteiger partial charge in [0.15, 0.2) is 0 Å². The molecule has 0 aliphatic rings. The second-order valence-electron chi connectivity index (χ2n) is 4.39. The summed E-state index contributed by atoms with van der Waals surface area (Å²) in [5.74, 6) is -0.340. The maximum atomic E-state index is 13.8. The van der Waals surface area contributed by atoms with Gasteiger partial charge in [-0.3, -0.25) is 0 Å². The van der Waals surface area contributed by atoms with Gasteiger partial charge in [-0.2, -0.15) is 0 Å². The first-order chi connectivity index (χ1) is 9.52. The fourth-order valence-corrected chi connectivity index (χ4v) is 3.14. The number of halogens is 2. The van der Waals surface area contributed by atoms with Gasteiger partial charge in [0.2, 0.25) is 0 Å². The van der Waals surface area contributed by atoms with Crippen LogP contribution in [0.1, 0.15) is 5.01 Å². The van der Waals surface area contributed by atoms with Crippen LogP contribution in [0.15, 0.2) is 34.8 Å². The number of fused-ring (bicyclic) bond motifs is 1. The summed E-state index contributed by atoms with van der Waals surface area (Å²) in [6.45, 7) is 1.95. The second kappa shape index (κ2) is 5.03. The van der Waals surface area contributed by atoms with Crippen LogP contribution in [-0.4, -0.2) is 4.98 Å². The topological polar surface area (TPSA) is 50.9 Å². The minimum absolute atomic E-state index is 0.340. The average molecular weight is 352 g/mol. The largest absolute Gasteiger partial charge is 0.397 e. The van der Waals surface area contributed by atoms with E-state index in [1.807, 2.05) is 19.1 Å². The van der Waals surface area contributed by atoms with Crippen molar-refractivity contribution in [3.8, 4) is 0 Å². The van der Waals surface area contributed by atoms with Gasteiger partial charge in [0.1, 0.15) is 5.82 Å². The summed E-state index contributed by atoms with van der Waals surface area (Å²) in [6.07, 6.45) is 0. The standard InChI is InChI=1S/C14H11BrFN3S/c1-7-18-13-6-12(10(17)5-14(13)20-7)19-11-3-2-8(15)4-9(11)16/h2-6,19H,17H2,1H3. The van der Waals surface area contributed by atoms with Crippen molar-refractivity contribution in [1.29, 1.82) is 0 Å². The molecular weight excluding hydrogens is 341 g/mol. The molecule has 0 radical (unpaired) electrons. The van der Waals surface area contributed by atoms with Gasteiger partial charge in [0, 0.05) is 4.47 Å². The van der Waals surface area contributed by atoms with E-state index in [0.717, 1.165) is 15.2 Å². The van der Waals surface area contributed by atoms with Crippen LogP contribution < -0.4 is 11.1 Å². The molecule has 3 aromatic rings. The third-order valence-corrected chi connectivity index (χ3v) is 4.29. The van der Waals surface area contributed by atoms with Crippen molar-refractivity contribution in [2.75, 3.05) is 11.1 Å². The molecule has 0 saturated carbocycles. The number of hydrogen-bond acceptors (Lipinski definition) is 4. The van der Waals surface area contributed by atoms with Crippen LogP contribution in [0, 0.1) is 12.7 Å². The van der Waals surface area contributed by atoms with Gasteiger partial charge in [-0.1, -0.05) is 15.9 Å². The van der Waals surface area contributed by atoms with Crippen molar-refractivity contribution in [1.82, 2.24) is 4.98 Å². The predicted octanol–water partition coefficient (Wildman–Crippen LogP) is 4.83. The van der Waals surface area contributed by atoms with E-state index < -0.39 is 0 Å². The molecular formula is C14H11BrFN3S. The Hall–Kier alpha value is -1.66. The van der Waals surface area contributed by atoms with E-state index in [2.05, 4.69) is 26.2 Å². The van der Waals surface area contributed by atoms with Gasteiger partial charge in [0.25, 0.3) is 0 Å². The molecule has 0 unspecified atom stereocenters. The van der Waals surface area contributed by atoms with Gasteiger partial charge >= 0.3 is 0 Å². The van der Waals surface area contributed by atoms with Gasteiger partial charge in [-0.05, 0) is 37.3 Å². The Balaban J connectivity index is 2.03. The summed E-state index contributed by atoms with van der Waals surface area (Å²) < 4.78 is 15.6. The van der Waals surface area contributed by atoms with Crippen molar-refractivity contribution < 1.29 is 4.39 Å². The molecule has 0 aliphatic carbocycles. The van der Waals surface area contributed by atoms with Crippen LogP contribution in [0.5, 0.6) is 0 Å². The van der Waals surface area contributed by atoms with Crippen LogP contribution in [0.3, 0.4) is 0 Å². The van der Waals surface area contributed by atoms with Crippen LogP contribution in [0.4, 0.5) is 21.5 Å². The minimum atomic E-state index is -0.340. The Morgan fingerprint density at radius 3 is 2.80 bits per heavy atom. The van der Waals surface area contributed by atoms with Gasteiger partial charge < -0.3 is 11.1 Å². The SMILES string of the molecule is Cc1nc2cc(Nc3ccc(Br)cc3F)c(N)cc2s1. The van der Waals surface area contributed by atoms with Crippen molar-refractivity contribution >= 4 is 54.5 Å². The molecule has 102 valence electrons. The van der Waals surface area contributed by atoms with E-state index in [1.54, 1.807) is 23.5 Å².